The number of ether oxygens (including phenoxy) is 1. The number of nitrogens with zero attached hydrogens (tertiary/aromatic N) is 2. The number of amides is 1. The largest absolute Gasteiger partial charge is 0.482 e. The number of aliphatic hydroxyl groups is 1. The Hall–Kier alpha value is -4.21. The van der Waals surface area contributed by atoms with Crippen molar-refractivity contribution >= 4 is 17.9 Å². The maximum Gasteiger partial charge on any atom is 0.323 e. The van der Waals surface area contributed by atoms with Crippen molar-refractivity contribution in [3.63, 3.8) is 0 Å². The lowest BCUT2D eigenvalue weighted by atomic mass is 9.92. The first kappa shape index (κ1) is 31.3. The Morgan fingerprint density at radius 2 is 1.83 bits per heavy atom. The van der Waals surface area contributed by atoms with Crippen molar-refractivity contribution in [2.45, 2.75) is 52.6 Å². The van der Waals surface area contributed by atoms with E-state index in [2.05, 4.69) is 53.9 Å². The molecule has 0 atom stereocenters. The molecule has 1 amide bonds. The summed E-state index contributed by atoms with van der Waals surface area (Å²) in [6, 6.07) is 18.2. The fraction of sp³-hybridized carbons (Fsp3) is 0.344. The van der Waals surface area contributed by atoms with Crippen LogP contribution in [-0.4, -0.2) is 48.0 Å². The van der Waals surface area contributed by atoms with Crippen LogP contribution in [0.4, 0.5) is 5.82 Å². The van der Waals surface area contributed by atoms with E-state index >= 15 is 0 Å². The van der Waals surface area contributed by atoms with Crippen molar-refractivity contribution in [2.24, 2.45) is 5.18 Å². The Morgan fingerprint density at radius 3 is 2.51 bits per heavy atom. The molecule has 216 valence electrons. The number of nitrogens with one attached hydrogen (secondary N) is 3. The maximum atomic E-state index is 11.8. The highest BCUT2D eigenvalue weighted by Crippen LogP contribution is 2.28. The van der Waals surface area contributed by atoms with E-state index in [-0.39, 0.29) is 11.5 Å². The summed E-state index contributed by atoms with van der Waals surface area (Å²) < 4.78 is 5.21. The molecule has 0 radical (unpaired) electrons. The average molecular weight is 558 g/mol. The van der Waals surface area contributed by atoms with E-state index < -0.39 is 11.5 Å². The summed E-state index contributed by atoms with van der Waals surface area (Å²) in [5, 5.41) is 26.0. The van der Waals surface area contributed by atoms with Gasteiger partial charge in [0.15, 0.2) is 0 Å². The van der Waals surface area contributed by atoms with E-state index in [4.69, 9.17) is 15.1 Å². The standard InChI is InChI=1S/C32H39N5O4/c1-21-12-13-23(18-24(21)16-17-34-20-32(3,4)39)14-15-25-22(2)8-6-9-26(25)28-10-7-11-29(35-28)36-31(41-5)27(19-33)30(38)37-40/h6-13,18-19,33-34,39H,14-17,20H2,1-5H3,(H,35,36)/b31-27-,33-19?. The molecule has 0 aliphatic heterocycles. The Bertz CT molecular complexity index is 1430. The Kier molecular flexibility index (Phi) is 11.0. The van der Waals surface area contributed by atoms with Gasteiger partial charge in [0.1, 0.15) is 11.4 Å². The number of hydrogen-bond donors (Lipinski definition) is 4. The molecule has 3 aromatic rings. The first-order valence-electron chi connectivity index (χ1n) is 13.6. The third-order valence-corrected chi connectivity index (χ3v) is 6.79. The monoisotopic (exact) mass is 557 g/mol. The van der Waals surface area contributed by atoms with Gasteiger partial charge in [-0.25, -0.2) is 4.98 Å². The predicted octanol–water partition coefficient (Wildman–Crippen LogP) is 5.27. The summed E-state index contributed by atoms with van der Waals surface area (Å²) in [6.45, 7) is 9.16. The lowest BCUT2D eigenvalue weighted by Crippen LogP contribution is -2.35. The Morgan fingerprint density at radius 1 is 1.07 bits per heavy atom. The third kappa shape index (κ3) is 8.89. The van der Waals surface area contributed by atoms with Gasteiger partial charge >= 0.3 is 5.91 Å². The van der Waals surface area contributed by atoms with Crippen LogP contribution in [0, 0.1) is 24.2 Å². The second kappa shape index (κ2) is 14.4. The molecular formula is C32H39N5O4. The van der Waals surface area contributed by atoms with E-state index in [1.807, 2.05) is 24.3 Å². The number of hydrogen-bond acceptors (Lipinski definition) is 8. The van der Waals surface area contributed by atoms with Crippen LogP contribution in [0.3, 0.4) is 0 Å². The minimum Gasteiger partial charge on any atom is -0.482 e. The van der Waals surface area contributed by atoms with Gasteiger partial charge in [-0.15, -0.1) is 4.91 Å². The fourth-order valence-corrected chi connectivity index (χ4v) is 4.58. The fourth-order valence-electron chi connectivity index (χ4n) is 4.58. The Labute approximate surface area is 241 Å². The summed E-state index contributed by atoms with van der Waals surface area (Å²) >= 11 is 0. The number of carbonyl (C=O) groups is 1. The SMILES string of the molecule is CO/C(Nc1cccc(-c2cccc(C)c2CCc2ccc(C)c(CCNCC(C)(C)O)c2)n1)=C(/C=N)C(=O)N=O. The first-order valence-corrected chi connectivity index (χ1v) is 13.6. The highest BCUT2D eigenvalue weighted by Gasteiger charge is 2.17. The van der Waals surface area contributed by atoms with Gasteiger partial charge in [0, 0.05) is 23.5 Å². The minimum atomic E-state index is -1.11. The zero-order chi connectivity index (χ0) is 30.0. The number of rotatable bonds is 14. The normalized spacial score (nSPS) is 12.0. The zero-order valence-electron chi connectivity index (χ0n) is 24.4. The lowest BCUT2D eigenvalue weighted by molar-refractivity contribution is -0.114. The van der Waals surface area contributed by atoms with Gasteiger partial charge < -0.3 is 25.9 Å². The van der Waals surface area contributed by atoms with E-state index in [9.17, 15) is 14.8 Å². The molecular weight excluding hydrogens is 518 g/mol. The van der Waals surface area contributed by atoms with Crippen molar-refractivity contribution < 1.29 is 14.6 Å². The van der Waals surface area contributed by atoms with Crippen LogP contribution in [0.15, 0.2) is 71.2 Å². The summed E-state index contributed by atoms with van der Waals surface area (Å²) in [5.74, 6) is -0.790. The average Bonchev–Trinajstić information content (AvgIpc) is 2.95. The molecule has 3 rings (SSSR count). The molecule has 0 aliphatic carbocycles. The molecule has 0 unspecified atom stereocenters. The van der Waals surface area contributed by atoms with Gasteiger partial charge in [0.05, 0.1) is 18.4 Å². The van der Waals surface area contributed by atoms with Crippen LogP contribution in [0.25, 0.3) is 11.3 Å². The van der Waals surface area contributed by atoms with Gasteiger partial charge in [0.2, 0.25) is 5.88 Å². The number of carbonyl (C=O) groups excluding carboxylic acids is 1. The van der Waals surface area contributed by atoms with Gasteiger partial charge in [-0.1, -0.05) is 42.5 Å². The lowest BCUT2D eigenvalue weighted by Gasteiger charge is -2.18. The molecule has 0 aliphatic rings. The number of benzene rings is 2. The van der Waals surface area contributed by atoms with E-state index in [1.165, 1.54) is 29.4 Å². The molecule has 0 saturated carbocycles. The molecule has 1 aromatic heterocycles. The van der Waals surface area contributed by atoms with Crippen molar-refractivity contribution in [1.82, 2.24) is 10.3 Å². The zero-order valence-corrected chi connectivity index (χ0v) is 24.4. The number of aryl methyl sites for hydroxylation is 3. The number of pyridine rings is 1. The summed E-state index contributed by atoms with van der Waals surface area (Å²) in [6.07, 6.45) is 3.30. The molecule has 0 spiro atoms. The number of nitroso groups, excluding NO2 is 1. The second-order valence-corrected chi connectivity index (χ2v) is 10.6. The number of anilines is 1. The van der Waals surface area contributed by atoms with Gasteiger partial charge in [-0.2, -0.15) is 0 Å². The molecule has 9 heteroatoms. The third-order valence-electron chi connectivity index (χ3n) is 6.79. The molecule has 41 heavy (non-hydrogen) atoms. The molecule has 2 aromatic carbocycles. The van der Waals surface area contributed by atoms with Crippen molar-refractivity contribution in [2.75, 3.05) is 25.5 Å². The summed E-state index contributed by atoms with van der Waals surface area (Å²) in [4.78, 5) is 27.3. The molecule has 0 bridgehead atoms. The highest BCUT2D eigenvalue weighted by atomic mass is 16.5. The van der Waals surface area contributed by atoms with Crippen LogP contribution in [-0.2, 0) is 28.8 Å². The number of methoxy groups -OCH3 is 1. The first-order chi connectivity index (χ1) is 19.6. The summed E-state index contributed by atoms with van der Waals surface area (Å²) in [7, 11) is 1.33. The van der Waals surface area contributed by atoms with Crippen LogP contribution in [0.1, 0.15) is 41.7 Å². The molecule has 4 N–H and O–H groups in total. The van der Waals surface area contributed by atoms with E-state index in [0.29, 0.717) is 12.4 Å². The minimum absolute atomic E-state index is 0.0795. The van der Waals surface area contributed by atoms with Crippen molar-refractivity contribution in [3.8, 4) is 11.3 Å². The molecule has 1 heterocycles. The van der Waals surface area contributed by atoms with E-state index in [0.717, 1.165) is 48.8 Å². The van der Waals surface area contributed by atoms with Gasteiger partial charge in [0.25, 0.3) is 0 Å². The Balaban J connectivity index is 1.81. The van der Waals surface area contributed by atoms with Crippen molar-refractivity contribution in [1.29, 1.82) is 5.41 Å². The van der Waals surface area contributed by atoms with E-state index in [1.54, 1.807) is 19.9 Å². The number of aromatic nitrogens is 1. The van der Waals surface area contributed by atoms with Crippen LogP contribution in [0.5, 0.6) is 0 Å². The van der Waals surface area contributed by atoms with Crippen LogP contribution >= 0.6 is 0 Å². The van der Waals surface area contributed by atoms with Crippen LogP contribution < -0.4 is 10.6 Å². The topological polar surface area (TPSA) is 137 Å². The smallest absolute Gasteiger partial charge is 0.323 e. The van der Waals surface area contributed by atoms with Crippen molar-refractivity contribution in [3.05, 3.63) is 98.8 Å². The second-order valence-electron chi connectivity index (χ2n) is 10.6. The predicted molar refractivity (Wildman–Crippen MR) is 163 cm³/mol. The van der Waals surface area contributed by atoms with Gasteiger partial charge in [-0.05, 0) is 93.5 Å². The maximum absolute atomic E-state index is 11.8. The summed E-state index contributed by atoms with van der Waals surface area (Å²) in [5.41, 5.74) is 6.87. The quantitative estimate of drug-likeness (QED) is 0.0697. The molecule has 0 fully saturated rings. The van der Waals surface area contributed by atoms with Gasteiger partial charge in [-0.3, -0.25) is 4.79 Å². The highest BCUT2D eigenvalue weighted by molar-refractivity contribution is 6.12. The molecule has 9 nitrogen and oxygen atoms in total. The van der Waals surface area contributed by atoms with Crippen LogP contribution in [0.2, 0.25) is 0 Å². The molecule has 0 saturated heterocycles.